The third kappa shape index (κ3) is 5.33. The third-order valence-electron chi connectivity index (χ3n) is 3.71. The SMILES string of the molecule is CCCCCCNC(=O)CSc1nnnn1-c1ccc(C)cc1C. The number of nitrogens with zero attached hydrogens (tertiary/aromatic N) is 4. The van der Waals surface area contributed by atoms with E-state index in [9.17, 15) is 4.79 Å². The molecule has 0 unspecified atom stereocenters. The fourth-order valence-corrected chi connectivity index (χ4v) is 3.14. The van der Waals surface area contributed by atoms with E-state index in [0.29, 0.717) is 10.9 Å². The van der Waals surface area contributed by atoms with Crippen LogP contribution in [-0.4, -0.2) is 38.4 Å². The number of aryl methyl sites for hydroxylation is 2. The average molecular weight is 347 g/mol. The molecule has 0 saturated carbocycles. The van der Waals surface area contributed by atoms with Crippen molar-refractivity contribution < 1.29 is 4.79 Å². The van der Waals surface area contributed by atoms with Gasteiger partial charge in [0, 0.05) is 6.54 Å². The van der Waals surface area contributed by atoms with Crippen molar-refractivity contribution in [1.29, 1.82) is 0 Å². The molecule has 0 aliphatic heterocycles. The summed E-state index contributed by atoms with van der Waals surface area (Å²) in [6.45, 7) is 6.99. The normalized spacial score (nSPS) is 10.8. The molecule has 0 radical (unpaired) electrons. The molecule has 0 spiro atoms. The average Bonchev–Trinajstić information content (AvgIpc) is 3.01. The van der Waals surface area contributed by atoms with Crippen molar-refractivity contribution in [2.45, 2.75) is 51.6 Å². The van der Waals surface area contributed by atoms with Gasteiger partial charge < -0.3 is 5.32 Å². The largest absolute Gasteiger partial charge is 0.355 e. The number of carbonyl (C=O) groups excluding carboxylic acids is 1. The number of rotatable bonds is 9. The Balaban J connectivity index is 1.88. The summed E-state index contributed by atoms with van der Waals surface area (Å²) in [6, 6.07) is 6.12. The fourth-order valence-electron chi connectivity index (χ4n) is 2.42. The number of carbonyl (C=O) groups is 1. The van der Waals surface area contributed by atoms with Gasteiger partial charge in [0.15, 0.2) is 0 Å². The van der Waals surface area contributed by atoms with Crippen LogP contribution in [0.15, 0.2) is 23.4 Å². The van der Waals surface area contributed by atoms with E-state index in [1.807, 2.05) is 19.1 Å². The van der Waals surface area contributed by atoms with Crippen LogP contribution in [0.5, 0.6) is 0 Å². The molecule has 0 fully saturated rings. The van der Waals surface area contributed by atoms with Crippen LogP contribution in [0.1, 0.15) is 43.7 Å². The minimum Gasteiger partial charge on any atom is -0.355 e. The number of benzene rings is 1. The topological polar surface area (TPSA) is 72.7 Å². The predicted octanol–water partition coefficient (Wildman–Crippen LogP) is 3.07. The highest BCUT2D eigenvalue weighted by atomic mass is 32.2. The fraction of sp³-hybridized carbons (Fsp3) is 0.529. The summed E-state index contributed by atoms with van der Waals surface area (Å²) < 4.78 is 1.69. The molecule has 0 bridgehead atoms. The molecular formula is C17H25N5OS. The number of amides is 1. The highest BCUT2D eigenvalue weighted by molar-refractivity contribution is 7.99. The molecule has 1 N–H and O–H groups in total. The number of aromatic nitrogens is 4. The highest BCUT2D eigenvalue weighted by Crippen LogP contribution is 2.21. The van der Waals surface area contributed by atoms with E-state index in [2.05, 4.69) is 40.8 Å². The van der Waals surface area contributed by atoms with Gasteiger partial charge in [-0.2, -0.15) is 4.68 Å². The maximum Gasteiger partial charge on any atom is 0.230 e. The molecule has 2 rings (SSSR count). The molecule has 1 aromatic heterocycles. The quantitative estimate of drug-likeness (QED) is 0.557. The maximum absolute atomic E-state index is 11.9. The number of tetrazole rings is 1. The second-order valence-corrected chi connectivity index (χ2v) is 6.80. The van der Waals surface area contributed by atoms with Crippen LogP contribution < -0.4 is 5.32 Å². The molecule has 130 valence electrons. The Morgan fingerprint density at radius 1 is 1.25 bits per heavy atom. The van der Waals surface area contributed by atoms with Crippen LogP contribution in [0, 0.1) is 13.8 Å². The number of unbranched alkanes of at least 4 members (excludes halogenated alkanes) is 3. The molecule has 0 atom stereocenters. The lowest BCUT2D eigenvalue weighted by Crippen LogP contribution is -2.26. The summed E-state index contributed by atoms with van der Waals surface area (Å²) >= 11 is 1.35. The van der Waals surface area contributed by atoms with E-state index >= 15 is 0 Å². The molecule has 0 aliphatic carbocycles. The summed E-state index contributed by atoms with van der Waals surface area (Å²) in [6.07, 6.45) is 4.61. The van der Waals surface area contributed by atoms with Gasteiger partial charge in [-0.3, -0.25) is 4.79 Å². The second-order valence-electron chi connectivity index (χ2n) is 5.86. The van der Waals surface area contributed by atoms with Gasteiger partial charge in [-0.1, -0.05) is 55.6 Å². The van der Waals surface area contributed by atoms with Crippen LogP contribution in [0.4, 0.5) is 0 Å². The third-order valence-corrected chi connectivity index (χ3v) is 4.63. The zero-order valence-electron chi connectivity index (χ0n) is 14.6. The first-order valence-electron chi connectivity index (χ1n) is 8.37. The smallest absolute Gasteiger partial charge is 0.230 e. The number of hydrogen-bond acceptors (Lipinski definition) is 5. The van der Waals surface area contributed by atoms with Crippen LogP contribution in [0.25, 0.3) is 5.69 Å². The standard InChI is InChI=1S/C17H25N5OS/c1-4-5-6-7-10-18-16(23)12-24-17-19-20-21-22(17)15-9-8-13(2)11-14(15)3/h8-9,11H,4-7,10,12H2,1-3H3,(H,18,23). The first-order valence-corrected chi connectivity index (χ1v) is 9.36. The number of nitrogens with one attached hydrogen (secondary N) is 1. The molecule has 1 heterocycles. The Kier molecular flexibility index (Phi) is 7.24. The number of hydrogen-bond donors (Lipinski definition) is 1. The van der Waals surface area contributed by atoms with Gasteiger partial charge in [0.2, 0.25) is 11.1 Å². The Labute approximate surface area is 147 Å². The van der Waals surface area contributed by atoms with Crippen LogP contribution >= 0.6 is 11.8 Å². The van der Waals surface area contributed by atoms with Crippen molar-refractivity contribution in [1.82, 2.24) is 25.5 Å². The summed E-state index contributed by atoms with van der Waals surface area (Å²) in [5.74, 6) is 0.339. The first-order chi connectivity index (χ1) is 11.6. The second kappa shape index (κ2) is 9.42. The summed E-state index contributed by atoms with van der Waals surface area (Å²) in [5, 5.41) is 15.4. The van der Waals surface area contributed by atoms with Gasteiger partial charge >= 0.3 is 0 Å². The molecule has 2 aromatic rings. The van der Waals surface area contributed by atoms with E-state index in [0.717, 1.165) is 30.6 Å². The Hall–Kier alpha value is -1.89. The summed E-state index contributed by atoms with van der Waals surface area (Å²) in [5.41, 5.74) is 3.23. The molecule has 0 saturated heterocycles. The molecule has 0 aliphatic rings. The van der Waals surface area contributed by atoms with Crippen molar-refractivity contribution in [3.8, 4) is 5.69 Å². The Morgan fingerprint density at radius 3 is 2.83 bits per heavy atom. The van der Waals surface area contributed by atoms with Crippen LogP contribution in [0.2, 0.25) is 0 Å². The molecule has 1 aromatic carbocycles. The van der Waals surface area contributed by atoms with Crippen molar-refractivity contribution in [3.05, 3.63) is 29.3 Å². The van der Waals surface area contributed by atoms with Gasteiger partial charge in [0.05, 0.1) is 11.4 Å². The Morgan fingerprint density at radius 2 is 2.08 bits per heavy atom. The predicted molar refractivity (Wildman–Crippen MR) is 96.5 cm³/mol. The Bertz CT molecular complexity index is 671. The minimum atomic E-state index is 0.0201. The van der Waals surface area contributed by atoms with E-state index in [1.54, 1.807) is 4.68 Å². The van der Waals surface area contributed by atoms with E-state index in [-0.39, 0.29) is 5.91 Å². The lowest BCUT2D eigenvalue weighted by atomic mass is 10.1. The van der Waals surface area contributed by atoms with E-state index in [1.165, 1.54) is 30.2 Å². The first kappa shape index (κ1) is 18.4. The van der Waals surface area contributed by atoms with Crippen molar-refractivity contribution >= 4 is 17.7 Å². The molecule has 24 heavy (non-hydrogen) atoms. The van der Waals surface area contributed by atoms with Gasteiger partial charge in [-0.25, -0.2) is 0 Å². The number of thioether (sulfide) groups is 1. The highest BCUT2D eigenvalue weighted by Gasteiger charge is 2.13. The molecule has 6 nitrogen and oxygen atoms in total. The molecule has 1 amide bonds. The molecular weight excluding hydrogens is 322 g/mol. The monoisotopic (exact) mass is 347 g/mol. The van der Waals surface area contributed by atoms with Gasteiger partial charge in [-0.05, 0) is 42.3 Å². The van der Waals surface area contributed by atoms with Crippen molar-refractivity contribution in [2.75, 3.05) is 12.3 Å². The van der Waals surface area contributed by atoms with Crippen LogP contribution in [0.3, 0.4) is 0 Å². The maximum atomic E-state index is 11.9. The lowest BCUT2D eigenvalue weighted by molar-refractivity contribution is -0.118. The van der Waals surface area contributed by atoms with Crippen molar-refractivity contribution in [3.63, 3.8) is 0 Å². The van der Waals surface area contributed by atoms with E-state index in [4.69, 9.17) is 0 Å². The molecule has 7 heteroatoms. The minimum absolute atomic E-state index is 0.0201. The zero-order valence-corrected chi connectivity index (χ0v) is 15.4. The van der Waals surface area contributed by atoms with Crippen LogP contribution in [-0.2, 0) is 4.79 Å². The van der Waals surface area contributed by atoms with Crippen molar-refractivity contribution in [2.24, 2.45) is 0 Å². The van der Waals surface area contributed by atoms with Gasteiger partial charge in [0.25, 0.3) is 0 Å². The lowest BCUT2D eigenvalue weighted by Gasteiger charge is -2.08. The summed E-state index contributed by atoms with van der Waals surface area (Å²) in [4.78, 5) is 11.9. The summed E-state index contributed by atoms with van der Waals surface area (Å²) in [7, 11) is 0. The van der Waals surface area contributed by atoms with Gasteiger partial charge in [-0.15, -0.1) is 5.10 Å². The van der Waals surface area contributed by atoms with E-state index < -0.39 is 0 Å². The zero-order chi connectivity index (χ0) is 17.4. The van der Waals surface area contributed by atoms with Gasteiger partial charge in [0.1, 0.15) is 0 Å².